The molecular formula is C14H28OSi2. The molecule has 1 aliphatic carbocycles. The van der Waals surface area contributed by atoms with Gasteiger partial charge in [0.2, 0.25) is 8.32 Å². The van der Waals surface area contributed by atoms with Gasteiger partial charge < -0.3 is 4.43 Å². The Morgan fingerprint density at radius 3 is 2.35 bits per heavy atom. The van der Waals surface area contributed by atoms with E-state index in [1.807, 2.05) is 0 Å². The molecule has 0 heterocycles. The van der Waals surface area contributed by atoms with Crippen molar-refractivity contribution in [1.29, 1.82) is 0 Å². The van der Waals surface area contributed by atoms with Crippen LogP contribution in [0.3, 0.4) is 0 Å². The fourth-order valence-electron chi connectivity index (χ4n) is 2.30. The topological polar surface area (TPSA) is 9.23 Å². The van der Waals surface area contributed by atoms with E-state index in [1.54, 1.807) is 0 Å². The lowest BCUT2D eigenvalue weighted by Gasteiger charge is -2.21. The first-order valence-corrected chi connectivity index (χ1v) is 13.8. The summed E-state index contributed by atoms with van der Waals surface area (Å²) in [6.07, 6.45) is 4.66. The predicted molar refractivity (Wildman–Crippen MR) is 82.5 cm³/mol. The highest BCUT2D eigenvalue weighted by atomic mass is 28.4. The maximum atomic E-state index is 6.08. The molecule has 0 saturated carbocycles. The van der Waals surface area contributed by atoms with Crippen molar-refractivity contribution in [2.45, 2.75) is 58.2 Å². The summed E-state index contributed by atoms with van der Waals surface area (Å²) >= 11 is 0. The summed E-state index contributed by atoms with van der Waals surface area (Å²) < 4.78 is 6.08. The first kappa shape index (κ1) is 14.8. The van der Waals surface area contributed by atoms with E-state index in [9.17, 15) is 0 Å². The zero-order chi connectivity index (χ0) is 13.3. The van der Waals surface area contributed by atoms with Gasteiger partial charge in [-0.2, -0.15) is 0 Å². The summed E-state index contributed by atoms with van der Waals surface area (Å²) in [6.45, 7) is 18.3. The lowest BCUT2D eigenvalue weighted by Crippen LogP contribution is -2.24. The molecule has 0 fully saturated rings. The molecule has 3 heteroatoms. The van der Waals surface area contributed by atoms with Gasteiger partial charge in [0, 0.05) is 20.4 Å². The summed E-state index contributed by atoms with van der Waals surface area (Å²) in [6, 6.07) is 1.24. The average molecular weight is 269 g/mol. The molecule has 0 amide bonds. The molecule has 0 radical (unpaired) electrons. The Morgan fingerprint density at radius 2 is 1.88 bits per heavy atom. The largest absolute Gasteiger partial charge is 0.548 e. The van der Waals surface area contributed by atoms with Crippen LogP contribution in [0.5, 0.6) is 0 Å². The molecule has 0 unspecified atom stereocenters. The Labute approximate surface area is 109 Å². The fraction of sp³-hybridized carbons (Fsp3) is 0.714. The first-order chi connectivity index (χ1) is 7.57. The van der Waals surface area contributed by atoms with Crippen LogP contribution in [0.4, 0.5) is 0 Å². The molecule has 1 rings (SSSR count). The summed E-state index contributed by atoms with van der Waals surface area (Å²) in [4.78, 5) is 0. The fourth-order valence-corrected chi connectivity index (χ4v) is 4.88. The summed E-state index contributed by atoms with van der Waals surface area (Å²) in [7, 11) is -2.44. The molecular weight excluding hydrogens is 240 g/mol. The highest BCUT2D eigenvalue weighted by molar-refractivity contribution is 6.76. The summed E-state index contributed by atoms with van der Waals surface area (Å²) in [5, 5.41) is 0. The van der Waals surface area contributed by atoms with Gasteiger partial charge in [-0.15, -0.1) is 0 Å². The quantitative estimate of drug-likeness (QED) is 0.502. The van der Waals surface area contributed by atoms with Gasteiger partial charge in [0.1, 0.15) is 0 Å². The van der Waals surface area contributed by atoms with Gasteiger partial charge in [-0.05, 0) is 38.2 Å². The molecule has 98 valence electrons. The molecule has 1 aliphatic rings. The van der Waals surface area contributed by atoms with Gasteiger partial charge >= 0.3 is 0 Å². The van der Waals surface area contributed by atoms with Crippen LogP contribution in [0.15, 0.2) is 24.0 Å². The monoisotopic (exact) mass is 268 g/mol. The molecule has 0 aromatic heterocycles. The average Bonchev–Trinajstić information content (AvgIpc) is 2.45. The van der Waals surface area contributed by atoms with Crippen LogP contribution >= 0.6 is 0 Å². The molecule has 1 atom stereocenters. The van der Waals surface area contributed by atoms with Crippen molar-refractivity contribution >= 4 is 16.4 Å². The van der Waals surface area contributed by atoms with Gasteiger partial charge in [0.05, 0.1) is 5.76 Å². The van der Waals surface area contributed by atoms with E-state index in [1.165, 1.54) is 23.8 Å². The maximum Gasteiger partial charge on any atom is 0.241 e. The maximum absolute atomic E-state index is 6.08. The Balaban J connectivity index is 2.56. The Hall–Kier alpha value is -0.286. The number of hydrogen-bond acceptors (Lipinski definition) is 1. The first-order valence-electron chi connectivity index (χ1n) is 6.64. The highest BCUT2D eigenvalue weighted by Crippen LogP contribution is 2.34. The molecule has 1 nitrogen and oxygen atoms in total. The number of allylic oxidation sites excluding steroid dienone is 3. The predicted octanol–water partition coefficient (Wildman–Crippen LogP) is 5.03. The molecule has 0 aromatic rings. The van der Waals surface area contributed by atoms with Crippen molar-refractivity contribution in [1.82, 2.24) is 0 Å². The van der Waals surface area contributed by atoms with Crippen LogP contribution in [0, 0.1) is 5.92 Å². The molecule has 0 N–H and O–H groups in total. The Kier molecular flexibility index (Phi) is 4.47. The van der Waals surface area contributed by atoms with Gasteiger partial charge in [0.25, 0.3) is 0 Å². The summed E-state index contributed by atoms with van der Waals surface area (Å²) in [5.74, 6) is 1.80. The van der Waals surface area contributed by atoms with Gasteiger partial charge in [-0.25, -0.2) is 0 Å². The normalized spacial score (nSPS) is 21.3. The van der Waals surface area contributed by atoms with Crippen LogP contribution in [0.2, 0.25) is 45.3 Å². The van der Waals surface area contributed by atoms with E-state index in [4.69, 9.17) is 4.43 Å². The van der Waals surface area contributed by atoms with E-state index in [-0.39, 0.29) is 0 Å². The zero-order valence-corrected chi connectivity index (χ0v) is 14.4. The second-order valence-electron chi connectivity index (χ2n) is 7.39. The molecule has 0 saturated heterocycles. The Morgan fingerprint density at radius 1 is 1.29 bits per heavy atom. The standard InChI is InChI=1S/C14H28OSi2/c1-12(11-16(2,3)4)13-8-9-14(10-13)15-17(5,6)7/h10,13H,1,8-9,11H2,2-7H3/t13-/m0/s1. The minimum absolute atomic E-state index is 0.577. The van der Waals surface area contributed by atoms with Gasteiger partial charge in [-0.1, -0.05) is 31.8 Å². The minimum Gasteiger partial charge on any atom is -0.548 e. The SMILES string of the molecule is C=C(C[Si](C)(C)C)[C@@H]1C=C(O[Si](C)(C)C)CC1. The summed E-state index contributed by atoms with van der Waals surface area (Å²) in [5.41, 5.74) is 1.43. The Bertz CT molecular complexity index is 318. The van der Waals surface area contributed by atoms with Crippen LogP contribution in [-0.4, -0.2) is 16.4 Å². The highest BCUT2D eigenvalue weighted by Gasteiger charge is 2.26. The number of rotatable bonds is 5. The minimum atomic E-state index is -1.42. The van der Waals surface area contributed by atoms with Crippen LogP contribution in [-0.2, 0) is 4.43 Å². The molecule has 0 aromatic carbocycles. The second-order valence-corrected chi connectivity index (χ2v) is 17.3. The van der Waals surface area contributed by atoms with E-state index in [0.29, 0.717) is 5.92 Å². The molecule has 0 bridgehead atoms. The van der Waals surface area contributed by atoms with Crippen molar-refractivity contribution in [2.75, 3.05) is 0 Å². The third kappa shape index (κ3) is 5.73. The zero-order valence-electron chi connectivity index (χ0n) is 12.4. The van der Waals surface area contributed by atoms with Gasteiger partial charge in [-0.3, -0.25) is 0 Å². The van der Waals surface area contributed by atoms with Gasteiger partial charge in [0.15, 0.2) is 0 Å². The van der Waals surface area contributed by atoms with Crippen LogP contribution in [0.1, 0.15) is 12.8 Å². The molecule has 17 heavy (non-hydrogen) atoms. The van der Waals surface area contributed by atoms with E-state index < -0.39 is 16.4 Å². The van der Waals surface area contributed by atoms with Crippen molar-refractivity contribution in [3.05, 3.63) is 24.0 Å². The third-order valence-corrected chi connectivity index (χ3v) is 5.20. The lowest BCUT2D eigenvalue weighted by molar-refractivity contribution is 0.407. The number of hydrogen-bond donors (Lipinski definition) is 0. The van der Waals surface area contributed by atoms with Crippen molar-refractivity contribution in [2.24, 2.45) is 5.92 Å². The second kappa shape index (κ2) is 5.15. The molecule has 0 spiro atoms. The van der Waals surface area contributed by atoms with E-state index in [0.717, 1.165) is 6.42 Å². The smallest absolute Gasteiger partial charge is 0.241 e. The van der Waals surface area contributed by atoms with Crippen molar-refractivity contribution < 1.29 is 4.43 Å². The van der Waals surface area contributed by atoms with E-state index >= 15 is 0 Å². The van der Waals surface area contributed by atoms with Crippen molar-refractivity contribution in [3.8, 4) is 0 Å². The molecule has 0 aliphatic heterocycles. The van der Waals surface area contributed by atoms with Crippen molar-refractivity contribution in [3.63, 3.8) is 0 Å². The van der Waals surface area contributed by atoms with Crippen LogP contribution < -0.4 is 0 Å². The lowest BCUT2D eigenvalue weighted by atomic mass is 10.0. The third-order valence-electron chi connectivity index (χ3n) is 2.81. The van der Waals surface area contributed by atoms with E-state index in [2.05, 4.69) is 51.9 Å². The van der Waals surface area contributed by atoms with Crippen LogP contribution in [0.25, 0.3) is 0 Å².